The van der Waals surface area contributed by atoms with Crippen LogP contribution in [0.2, 0.25) is 0 Å². The summed E-state index contributed by atoms with van der Waals surface area (Å²) in [5, 5.41) is 3.84. The van der Waals surface area contributed by atoms with Gasteiger partial charge >= 0.3 is 0 Å². The number of allylic oxidation sites excluding steroid dienone is 3. The molecular weight excluding hydrogens is 370 g/mol. The number of hydrogen-bond donors (Lipinski definition) is 1. The minimum Gasteiger partial charge on any atom is -0.365 e. The molecular formula is C27H39NO2. The predicted molar refractivity (Wildman–Crippen MR) is 119 cm³/mol. The molecule has 0 aromatic rings. The largest absolute Gasteiger partial charge is 0.365 e. The molecule has 0 amide bonds. The summed E-state index contributed by atoms with van der Waals surface area (Å²) < 4.78 is 7.02. The van der Waals surface area contributed by atoms with Crippen LogP contribution in [0.15, 0.2) is 22.8 Å². The van der Waals surface area contributed by atoms with Gasteiger partial charge < -0.3 is 10.1 Å². The summed E-state index contributed by atoms with van der Waals surface area (Å²) in [7, 11) is 0. The Hall–Kier alpha value is -0.930. The van der Waals surface area contributed by atoms with Crippen molar-refractivity contribution < 1.29 is 9.53 Å². The van der Waals surface area contributed by atoms with Gasteiger partial charge in [-0.05, 0) is 99.1 Å². The molecule has 9 atom stereocenters. The predicted octanol–water partition coefficient (Wildman–Crippen LogP) is 5.21. The number of carbonyl (C=O) groups is 1. The molecule has 164 valence electrons. The molecule has 0 aromatic carbocycles. The SMILES string of the molecule is CC1=C2CC3C(CCC4=CC(=O)CCC43C)C2CCC12OC1CC(C)CNC1[C@H]2C. The van der Waals surface area contributed by atoms with Gasteiger partial charge in [-0.25, -0.2) is 0 Å². The molecule has 0 aromatic heterocycles. The number of ketones is 1. The van der Waals surface area contributed by atoms with E-state index >= 15 is 0 Å². The zero-order valence-corrected chi connectivity index (χ0v) is 19.3. The van der Waals surface area contributed by atoms with E-state index in [9.17, 15) is 4.79 Å². The highest BCUT2D eigenvalue weighted by Gasteiger charge is 2.60. The van der Waals surface area contributed by atoms with Gasteiger partial charge in [-0.1, -0.05) is 31.9 Å². The summed E-state index contributed by atoms with van der Waals surface area (Å²) in [6, 6.07) is 0.522. The summed E-state index contributed by atoms with van der Waals surface area (Å²) >= 11 is 0. The Balaban J connectivity index is 1.36. The lowest BCUT2D eigenvalue weighted by Crippen LogP contribution is -2.49. The maximum Gasteiger partial charge on any atom is 0.155 e. The standard InChI is InChI=1S/C27H39NO2/c1-15-11-24-25(28-14-15)17(3)27(30-24)10-8-20-21-6-5-18-12-19(29)7-9-26(18,4)23(21)13-22(20)16(27)2/h12,15,17,20-21,23-25,28H,5-11,13-14H2,1-4H3/t15?,17-,20?,21?,23?,24?,25?,26?,27?/m1/s1. The Kier molecular flexibility index (Phi) is 4.30. The highest BCUT2D eigenvalue weighted by molar-refractivity contribution is 5.91. The van der Waals surface area contributed by atoms with Gasteiger partial charge in [-0.15, -0.1) is 0 Å². The van der Waals surface area contributed by atoms with Crippen LogP contribution in [0.4, 0.5) is 0 Å². The second-order valence-electron chi connectivity index (χ2n) is 12.0. The van der Waals surface area contributed by atoms with E-state index in [-0.39, 0.29) is 11.0 Å². The molecule has 3 nitrogen and oxygen atoms in total. The fourth-order valence-electron chi connectivity index (χ4n) is 9.00. The number of ether oxygens (including phenoxy) is 1. The maximum absolute atomic E-state index is 12.1. The van der Waals surface area contributed by atoms with Crippen molar-refractivity contribution in [2.45, 2.75) is 96.8 Å². The first-order valence-electron chi connectivity index (χ1n) is 12.7. The average Bonchev–Trinajstić information content (AvgIpc) is 3.23. The van der Waals surface area contributed by atoms with Crippen molar-refractivity contribution in [3.8, 4) is 0 Å². The van der Waals surface area contributed by atoms with Crippen molar-refractivity contribution in [1.82, 2.24) is 5.32 Å². The van der Waals surface area contributed by atoms with Crippen LogP contribution >= 0.6 is 0 Å². The molecule has 6 aliphatic rings. The summed E-state index contributed by atoms with van der Waals surface area (Å²) in [6.45, 7) is 10.9. The monoisotopic (exact) mass is 409 g/mol. The van der Waals surface area contributed by atoms with Gasteiger partial charge in [0.1, 0.15) is 0 Å². The Morgan fingerprint density at radius 1 is 1.17 bits per heavy atom. The van der Waals surface area contributed by atoms with E-state index in [0.29, 0.717) is 29.8 Å². The minimum atomic E-state index is -0.0339. The van der Waals surface area contributed by atoms with E-state index in [0.717, 1.165) is 43.6 Å². The van der Waals surface area contributed by atoms with Crippen LogP contribution in [0.1, 0.15) is 79.1 Å². The number of rotatable bonds is 0. The van der Waals surface area contributed by atoms with Gasteiger partial charge in [0.2, 0.25) is 0 Å². The highest BCUT2D eigenvalue weighted by Crippen LogP contribution is 2.65. The van der Waals surface area contributed by atoms with E-state index in [1.165, 1.54) is 37.7 Å². The zero-order chi connectivity index (χ0) is 20.8. The third kappa shape index (κ3) is 2.48. The minimum absolute atomic E-state index is 0.0339. The van der Waals surface area contributed by atoms with E-state index < -0.39 is 0 Å². The Bertz CT molecular complexity index is 842. The van der Waals surface area contributed by atoms with Crippen molar-refractivity contribution in [2.24, 2.45) is 35.0 Å². The lowest BCUT2D eigenvalue weighted by Gasteiger charge is -2.48. The topological polar surface area (TPSA) is 38.3 Å². The lowest BCUT2D eigenvalue weighted by atomic mass is 9.56. The molecule has 2 saturated carbocycles. The first kappa shape index (κ1) is 19.7. The van der Waals surface area contributed by atoms with E-state index in [4.69, 9.17) is 4.74 Å². The van der Waals surface area contributed by atoms with Crippen LogP contribution in [0.5, 0.6) is 0 Å². The van der Waals surface area contributed by atoms with Crippen LogP contribution in [0, 0.1) is 35.0 Å². The van der Waals surface area contributed by atoms with Crippen molar-refractivity contribution in [3.63, 3.8) is 0 Å². The van der Waals surface area contributed by atoms with Crippen LogP contribution < -0.4 is 5.32 Å². The smallest absolute Gasteiger partial charge is 0.155 e. The van der Waals surface area contributed by atoms with E-state index in [2.05, 4.69) is 33.0 Å². The summed E-state index contributed by atoms with van der Waals surface area (Å²) in [6.07, 6.45) is 11.7. The second-order valence-corrected chi connectivity index (χ2v) is 12.0. The lowest BCUT2D eigenvalue weighted by molar-refractivity contribution is -0.116. The molecule has 0 radical (unpaired) electrons. The molecule has 4 fully saturated rings. The number of fused-ring (bicyclic) bond motifs is 6. The van der Waals surface area contributed by atoms with Crippen molar-refractivity contribution in [2.75, 3.05) is 6.54 Å². The molecule has 3 heteroatoms. The summed E-state index contributed by atoms with van der Waals surface area (Å²) in [4.78, 5) is 12.1. The quantitative estimate of drug-likeness (QED) is 0.558. The van der Waals surface area contributed by atoms with E-state index in [1.54, 1.807) is 11.1 Å². The van der Waals surface area contributed by atoms with Gasteiger partial charge in [0.25, 0.3) is 0 Å². The molecule has 30 heavy (non-hydrogen) atoms. The zero-order valence-electron chi connectivity index (χ0n) is 19.3. The number of hydrogen-bond acceptors (Lipinski definition) is 3. The van der Waals surface area contributed by atoms with Crippen molar-refractivity contribution >= 4 is 5.78 Å². The fraction of sp³-hybridized carbons (Fsp3) is 0.815. The van der Waals surface area contributed by atoms with Crippen LogP contribution in [-0.4, -0.2) is 30.1 Å². The van der Waals surface area contributed by atoms with Crippen LogP contribution in [0.3, 0.4) is 0 Å². The molecule has 6 rings (SSSR count). The Morgan fingerprint density at radius 3 is 2.83 bits per heavy atom. The number of carbonyl (C=O) groups excluding carboxylic acids is 1. The van der Waals surface area contributed by atoms with Gasteiger partial charge in [0.15, 0.2) is 5.78 Å². The average molecular weight is 410 g/mol. The van der Waals surface area contributed by atoms with Gasteiger partial charge in [-0.2, -0.15) is 0 Å². The van der Waals surface area contributed by atoms with Crippen molar-refractivity contribution in [1.29, 1.82) is 0 Å². The molecule has 1 spiro atoms. The molecule has 0 bridgehead atoms. The second kappa shape index (κ2) is 6.54. The van der Waals surface area contributed by atoms with Crippen LogP contribution in [0.25, 0.3) is 0 Å². The highest BCUT2D eigenvalue weighted by atomic mass is 16.5. The van der Waals surface area contributed by atoms with Gasteiger partial charge in [0.05, 0.1) is 11.7 Å². The maximum atomic E-state index is 12.1. The molecule has 2 saturated heterocycles. The van der Waals surface area contributed by atoms with Crippen molar-refractivity contribution in [3.05, 3.63) is 22.8 Å². The molecule has 1 N–H and O–H groups in total. The number of piperidine rings is 1. The third-order valence-electron chi connectivity index (χ3n) is 10.8. The van der Waals surface area contributed by atoms with Gasteiger partial charge in [0, 0.05) is 18.4 Å². The third-order valence-corrected chi connectivity index (χ3v) is 10.8. The summed E-state index contributed by atoms with van der Waals surface area (Å²) in [5.74, 6) is 3.95. The van der Waals surface area contributed by atoms with E-state index in [1.807, 2.05) is 6.08 Å². The molecule has 4 aliphatic carbocycles. The Morgan fingerprint density at radius 2 is 2.00 bits per heavy atom. The summed E-state index contributed by atoms with van der Waals surface area (Å²) in [5.41, 5.74) is 5.05. The molecule has 2 aliphatic heterocycles. The number of nitrogens with one attached hydrogen (secondary N) is 1. The first-order valence-corrected chi connectivity index (χ1v) is 12.7. The first-order chi connectivity index (χ1) is 14.3. The van der Waals surface area contributed by atoms with Crippen LogP contribution in [-0.2, 0) is 9.53 Å². The normalized spacial score (nSPS) is 52.6. The molecule has 8 unspecified atom stereocenters. The van der Waals surface area contributed by atoms with Gasteiger partial charge in [-0.3, -0.25) is 4.79 Å². The Labute approximate surface area is 182 Å². The fourth-order valence-corrected chi connectivity index (χ4v) is 9.00. The molecule has 2 heterocycles.